The number of hydrogen-bond acceptors (Lipinski definition) is 1. The van der Waals surface area contributed by atoms with E-state index in [1.54, 1.807) is 0 Å². The zero-order chi connectivity index (χ0) is 9.68. The van der Waals surface area contributed by atoms with Crippen molar-refractivity contribution < 1.29 is 0 Å². The molecule has 1 nitrogen and oxygen atoms in total. The molecule has 1 heterocycles. The Morgan fingerprint density at radius 2 is 2.08 bits per heavy atom. The number of likely N-dealkylation sites (tertiary alicyclic amines) is 1. The van der Waals surface area contributed by atoms with E-state index >= 15 is 0 Å². The Labute approximate surface area is 83.5 Å². The van der Waals surface area contributed by atoms with E-state index in [9.17, 15) is 0 Å². The summed E-state index contributed by atoms with van der Waals surface area (Å²) in [5, 5.41) is 0. The molecule has 1 rings (SSSR count). The first kappa shape index (κ1) is 11.0. The molecule has 0 amide bonds. The van der Waals surface area contributed by atoms with Gasteiger partial charge < -0.3 is 4.90 Å². The van der Waals surface area contributed by atoms with E-state index in [2.05, 4.69) is 25.8 Å². The van der Waals surface area contributed by atoms with Crippen LogP contribution in [0.2, 0.25) is 0 Å². The summed E-state index contributed by atoms with van der Waals surface area (Å²) < 4.78 is 0. The van der Waals surface area contributed by atoms with E-state index < -0.39 is 0 Å². The van der Waals surface area contributed by atoms with Crippen molar-refractivity contribution in [1.82, 2.24) is 4.90 Å². The second-order valence-electron chi connectivity index (χ2n) is 4.76. The van der Waals surface area contributed by atoms with Gasteiger partial charge in [-0.2, -0.15) is 0 Å². The summed E-state index contributed by atoms with van der Waals surface area (Å²) in [6, 6.07) is 0. The Balaban J connectivity index is 2.32. The van der Waals surface area contributed by atoms with E-state index in [1.165, 1.54) is 45.2 Å². The molecule has 0 aromatic rings. The molecule has 0 N–H and O–H groups in total. The van der Waals surface area contributed by atoms with Crippen LogP contribution in [0.15, 0.2) is 0 Å². The monoisotopic (exact) mass is 183 g/mol. The first-order valence-electron chi connectivity index (χ1n) is 5.92. The average molecular weight is 183 g/mol. The molecule has 0 aromatic carbocycles. The van der Waals surface area contributed by atoms with Crippen molar-refractivity contribution in [1.29, 1.82) is 0 Å². The smallest absolute Gasteiger partial charge is 0.00190 e. The van der Waals surface area contributed by atoms with Gasteiger partial charge in [0, 0.05) is 0 Å². The Kier molecular flexibility index (Phi) is 4.79. The van der Waals surface area contributed by atoms with E-state index in [0.717, 1.165) is 11.8 Å². The fourth-order valence-electron chi connectivity index (χ4n) is 2.53. The third-order valence-corrected chi connectivity index (χ3v) is 3.55. The normalized spacial score (nSPS) is 28.4. The predicted octanol–water partition coefficient (Wildman–Crippen LogP) is 3.15. The molecule has 0 aliphatic carbocycles. The van der Waals surface area contributed by atoms with E-state index in [0.29, 0.717) is 0 Å². The van der Waals surface area contributed by atoms with Gasteiger partial charge in [-0.05, 0) is 51.2 Å². The van der Waals surface area contributed by atoms with E-state index in [-0.39, 0.29) is 0 Å². The molecule has 1 saturated heterocycles. The van der Waals surface area contributed by atoms with E-state index in [1.807, 2.05) is 0 Å². The van der Waals surface area contributed by atoms with Gasteiger partial charge in [0.1, 0.15) is 0 Å². The Morgan fingerprint density at radius 3 is 2.77 bits per heavy atom. The van der Waals surface area contributed by atoms with Gasteiger partial charge in [-0.15, -0.1) is 0 Å². The molecule has 1 aliphatic rings. The second kappa shape index (κ2) is 5.64. The van der Waals surface area contributed by atoms with Crippen LogP contribution in [-0.2, 0) is 0 Å². The fourth-order valence-corrected chi connectivity index (χ4v) is 2.53. The Morgan fingerprint density at radius 1 is 1.31 bits per heavy atom. The highest BCUT2D eigenvalue weighted by molar-refractivity contribution is 4.72. The van der Waals surface area contributed by atoms with Crippen LogP contribution in [0, 0.1) is 11.8 Å². The lowest BCUT2D eigenvalue weighted by Gasteiger charge is -2.21. The van der Waals surface area contributed by atoms with Crippen LogP contribution in [0.4, 0.5) is 0 Å². The summed E-state index contributed by atoms with van der Waals surface area (Å²) in [7, 11) is 2.26. The maximum atomic E-state index is 2.48. The SMILES string of the molecule is CCC[C@H](C)C1CCCN(C)CC1. The van der Waals surface area contributed by atoms with Crippen LogP contribution in [0.5, 0.6) is 0 Å². The molecule has 1 heteroatoms. The van der Waals surface area contributed by atoms with Gasteiger partial charge >= 0.3 is 0 Å². The summed E-state index contributed by atoms with van der Waals surface area (Å²) >= 11 is 0. The lowest BCUT2D eigenvalue weighted by molar-refractivity contribution is 0.290. The topological polar surface area (TPSA) is 3.24 Å². The van der Waals surface area contributed by atoms with Crippen molar-refractivity contribution in [2.24, 2.45) is 11.8 Å². The van der Waals surface area contributed by atoms with Crippen molar-refractivity contribution in [2.75, 3.05) is 20.1 Å². The second-order valence-corrected chi connectivity index (χ2v) is 4.76. The van der Waals surface area contributed by atoms with Crippen molar-refractivity contribution in [3.63, 3.8) is 0 Å². The number of nitrogens with zero attached hydrogens (tertiary/aromatic N) is 1. The van der Waals surface area contributed by atoms with E-state index in [4.69, 9.17) is 0 Å². The highest BCUT2D eigenvalue weighted by atomic mass is 15.1. The third-order valence-electron chi connectivity index (χ3n) is 3.55. The van der Waals surface area contributed by atoms with Crippen LogP contribution in [0.1, 0.15) is 46.0 Å². The van der Waals surface area contributed by atoms with Crippen LogP contribution < -0.4 is 0 Å². The zero-order valence-corrected chi connectivity index (χ0v) is 9.55. The van der Waals surface area contributed by atoms with Crippen LogP contribution in [0.3, 0.4) is 0 Å². The summed E-state index contributed by atoms with van der Waals surface area (Å²) in [6.45, 7) is 7.38. The molecule has 1 unspecified atom stereocenters. The molecule has 0 saturated carbocycles. The van der Waals surface area contributed by atoms with Crippen LogP contribution in [0.25, 0.3) is 0 Å². The van der Waals surface area contributed by atoms with Gasteiger partial charge in [-0.25, -0.2) is 0 Å². The largest absolute Gasteiger partial charge is 0.306 e. The van der Waals surface area contributed by atoms with Gasteiger partial charge in [-0.3, -0.25) is 0 Å². The summed E-state index contributed by atoms with van der Waals surface area (Å²) in [6.07, 6.45) is 7.08. The molecule has 0 radical (unpaired) electrons. The molecule has 13 heavy (non-hydrogen) atoms. The quantitative estimate of drug-likeness (QED) is 0.649. The molecule has 78 valence electrons. The number of hydrogen-bond donors (Lipinski definition) is 0. The zero-order valence-electron chi connectivity index (χ0n) is 9.55. The van der Waals surface area contributed by atoms with Crippen molar-refractivity contribution in [3.8, 4) is 0 Å². The van der Waals surface area contributed by atoms with Crippen molar-refractivity contribution >= 4 is 0 Å². The molecular weight excluding hydrogens is 158 g/mol. The van der Waals surface area contributed by atoms with Crippen molar-refractivity contribution in [3.05, 3.63) is 0 Å². The highest BCUT2D eigenvalue weighted by Gasteiger charge is 2.19. The molecule has 0 spiro atoms. The molecule has 1 aliphatic heterocycles. The number of rotatable bonds is 3. The maximum absolute atomic E-state index is 2.48. The minimum Gasteiger partial charge on any atom is -0.306 e. The Hall–Kier alpha value is -0.0400. The van der Waals surface area contributed by atoms with Crippen LogP contribution >= 0.6 is 0 Å². The standard InChI is InChI=1S/C12H25N/c1-4-6-11(2)12-7-5-9-13(3)10-8-12/h11-12H,4-10H2,1-3H3/t11-,12?/m0/s1. The minimum absolute atomic E-state index is 0.955. The third kappa shape index (κ3) is 3.68. The highest BCUT2D eigenvalue weighted by Crippen LogP contribution is 2.27. The van der Waals surface area contributed by atoms with Crippen molar-refractivity contribution in [2.45, 2.75) is 46.0 Å². The molecule has 1 fully saturated rings. The van der Waals surface area contributed by atoms with Gasteiger partial charge in [-0.1, -0.05) is 26.7 Å². The van der Waals surface area contributed by atoms with Gasteiger partial charge in [0.25, 0.3) is 0 Å². The molecule has 2 atom stereocenters. The van der Waals surface area contributed by atoms with Crippen LogP contribution in [-0.4, -0.2) is 25.0 Å². The Bertz CT molecular complexity index is 133. The van der Waals surface area contributed by atoms with Gasteiger partial charge in [0.2, 0.25) is 0 Å². The summed E-state index contributed by atoms with van der Waals surface area (Å²) in [5.41, 5.74) is 0. The molecular formula is C12H25N. The lowest BCUT2D eigenvalue weighted by Crippen LogP contribution is -2.19. The minimum atomic E-state index is 0.955. The summed E-state index contributed by atoms with van der Waals surface area (Å²) in [4.78, 5) is 2.48. The van der Waals surface area contributed by atoms with Gasteiger partial charge in [0.15, 0.2) is 0 Å². The fraction of sp³-hybridized carbons (Fsp3) is 1.00. The van der Waals surface area contributed by atoms with Gasteiger partial charge in [0.05, 0.1) is 0 Å². The molecule has 0 bridgehead atoms. The first-order chi connectivity index (χ1) is 6.24. The lowest BCUT2D eigenvalue weighted by atomic mass is 9.85. The average Bonchev–Trinajstić information content (AvgIpc) is 2.30. The maximum Gasteiger partial charge on any atom is -0.00190 e. The first-order valence-corrected chi connectivity index (χ1v) is 5.92. The summed E-state index contributed by atoms with van der Waals surface area (Å²) in [5.74, 6) is 1.96. The molecule has 0 aromatic heterocycles. The predicted molar refractivity (Wildman–Crippen MR) is 58.9 cm³/mol.